The lowest BCUT2D eigenvalue weighted by Crippen LogP contribution is -2.37. The van der Waals surface area contributed by atoms with E-state index in [1.165, 1.54) is 107 Å². The van der Waals surface area contributed by atoms with Gasteiger partial charge in [-0.1, -0.05) is 121 Å². The van der Waals surface area contributed by atoms with Crippen LogP contribution in [0.2, 0.25) is 0 Å². The van der Waals surface area contributed by atoms with Crippen molar-refractivity contribution in [3.05, 3.63) is 65.5 Å². The molecule has 0 spiro atoms. The summed E-state index contributed by atoms with van der Waals surface area (Å²) in [6, 6.07) is 15.1. The number of aryl methyl sites for hydroxylation is 2. The van der Waals surface area contributed by atoms with Gasteiger partial charge in [-0.25, -0.2) is 0 Å². The summed E-state index contributed by atoms with van der Waals surface area (Å²) in [7, 11) is 0. The fourth-order valence-corrected chi connectivity index (χ4v) is 4.38. The zero-order valence-electron chi connectivity index (χ0n) is 21.4. The van der Waals surface area contributed by atoms with Crippen LogP contribution in [0.25, 0.3) is 12.2 Å². The molecule has 0 unspecified atom stereocenters. The molecule has 2 aromatic rings. The molecule has 0 amide bonds. The van der Waals surface area contributed by atoms with Crippen LogP contribution in [-0.2, 0) is 13.0 Å². The molecule has 0 saturated heterocycles. The molecular weight excluding hydrogens is 466 g/mol. The largest absolute Gasteiger partial charge is 0.205 e. The van der Waals surface area contributed by atoms with Crippen LogP contribution < -0.4 is 4.57 Å². The zero-order chi connectivity index (χ0) is 22.7. The molecule has 0 aliphatic rings. The molecule has 33 heavy (non-hydrogen) atoms. The summed E-state index contributed by atoms with van der Waals surface area (Å²) in [4.78, 5) is 0. The van der Waals surface area contributed by atoms with Crippen molar-refractivity contribution in [2.45, 2.75) is 117 Å². The fourth-order valence-electron chi connectivity index (χ4n) is 4.38. The molecule has 0 fully saturated rings. The van der Waals surface area contributed by atoms with Gasteiger partial charge in [0, 0.05) is 24.1 Å². The van der Waals surface area contributed by atoms with Crippen LogP contribution in [0.15, 0.2) is 48.7 Å². The van der Waals surface area contributed by atoms with E-state index in [2.05, 4.69) is 79.2 Å². The van der Waals surface area contributed by atoms with Gasteiger partial charge in [0.25, 0.3) is 0 Å². The average Bonchev–Trinajstić information content (AvgIpc) is 2.84. The third kappa shape index (κ3) is 13.8. The van der Waals surface area contributed by atoms with Gasteiger partial charge in [0.2, 0.25) is 5.69 Å². The summed E-state index contributed by atoms with van der Waals surface area (Å²) < 4.78 is 2.46. The number of aromatic nitrogens is 1. The molecule has 2 rings (SSSR count). The minimum atomic E-state index is 0. The molecule has 0 aliphatic carbocycles. The van der Waals surface area contributed by atoms with Gasteiger partial charge in [-0.05, 0) is 30.5 Å². The lowest BCUT2D eigenvalue weighted by molar-refractivity contribution is -0.699. The summed E-state index contributed by atoms with van der Waals surface area (Å²) in [5, 5.41) is 0. The van der Waals surface area contributed by atoms with Gasteiger partial charge < -0.3 is 0 Å². The number of hydrogen-bond acceptors (Lipinski definition) is 0. The molecule has 0 saturated carbocycles. The van der Waals surface area contributed by atoms with Crippen molar-refractivity contribution >= 4 is 29.1 Å². The second-order valence-electron chi connectivity index (χ2n) is 9.35. The maximum absolute atomic E-state index is 2.46. The second kappa shape index (κ2) is 20.0. The van der Waals surface area contributed by atoms with E-state index in [1.54, 1.807) is 0 Å². The Bertz CT molecular complexity index is 738. The highest BCUT2D eigenvalue weighted by atomic mass is 79.9. The van der Waals surface area contributed by atoms with E-state index >= 15 is 0 Å². The quantitative estimate of drug-likeness (QED) is 0.137. The first-order chi connectivity index (χ1) is 15.8. The lowest BCUT2D eigenvalue weighted by Gasteiger charge is -2.05. The van der Waals surface area contributed by atoms with Crippen molar-refractivity contribution in [3.63, 3.8) is 0 Å². The Morgan fingerprint density at radius 1 is 0.606 bits per heavy atom. The number of unbranched alkanes of at least 4 members (excludes halogenated alkanes) is 13. The van der Waals surface area contributed by atoms with Gasteiger partial charge in [-0.15, -0.1) is 17.0 Å². The first-order valence-electron chi connectivity index (χ1n) is 13.6. The van der Waals surface area contributed by atoms with Gasteiger partial charge in [-0.3, -0.25) is 0 Å². The smallest absolute Gasteiger partial charge is 0.199 e. The molecule has 0 atom stereocenters. The Hall–Kier alpha value is -1.41. The number of hydrogen-bond donors (Lipinski definition) is 0. The van der Waals surface area contributed by atoms with Gasteiger partial charge in [0.05, 0.1) is 0 Å². The van der Waals surface area contributed by atoms with E-state index in [-0.39, 0.29) is 17.0 Å². The van der Waals surface area contributed by atoms with E-state index in [9.17, 15) is 0 Å². The van der Waals surface area contributed by atoms with Crippen molar-refractivity contribution in [1.82, 2.24) is 0 Å². The van der Waals surface area contributed by atoms with Crippen LogP contribution in [0.4, 0.5) is 0 Å². The van der Waals surface area contributed by atoms with Crippen LogP contribution >= 0.6 is 17.0 Å². The highest BCUT2D eigenvalue weighted by Gasteiger charge is 2.09. The van der Waals surface area contributed by atoms with Crippen LogP contribution in [0.3, 0.4) is 0 Å². The van der Waals surface area contributed by atoms with Crippen LogP contribution in [-0.4, -0.2) is 0 Å². The first kappa shape index (κ1) is 29.6. The molecule has 1 aromatic heterocycles. The Morgan fingerprint density at radius 3 is 1.70 bits per heavy atom. The SMILES string of the molecule is Br.CCCCCCCCCCCCCCCC[n+]1cc(CC)ccc1/C=C/c1ccccc1. The van der Waals surface area contributed by atoms with Gasteiger partial charge in [0.1, 0.15) is 6.54 Å². The average molecular weight is 516 g/mol. The summed E-state index contributed by atoms with van der Waals surface area (Å²) in [6.45, 7) is 5.66. The number of rotatable bonds is 18. The maximum Gasteiger partial charge on any atom is 0.205 e. The molecule has 1 heterocycles. The molecule has 0 radical (unpaired) electrons. The lowest BCUT2D eigenvalue weighted by atomic mass is 10.0. The summed E-state index contributed by atoms with van der Waals surface area (Å²) in [5.41, 5.74) is 3.99. The van der Waals surface area contributed by atoms with Crippen molar-refractivity contribution in [2.24, 2.45) is 0 Å². The topological polar surface area (TPSA) is 3.88 Å². The van der Waals surface area contributed by atoms with E-state index in [1.807, 2.05) is 0 Å². The first-order valence-corrected chi connectivity index (χ1v) is 13.6. The highest BCUT2D eigenvalue weighted by Crippen LogP contribution is 2.13. The molecule has 0 bridgehead atoms. The predicted octanol–water partition coefficient (Wildman–Crippen LogP) is 9.77. The molecule has 1 nitrogen and oxygen atoms in total. The van der Waals surface area contributed by atoms with Crippen molar-refractivity contribution < 1.29 is 4.57 Å². The third-order valence-electron chi connectivity index (χ3n) is 6.53. The van der Waals surface area contributed by atoms with E-state index in [0.29, 0.717) is 0 Å². The van der Waals surface area contributed by atoms with Gasteiger partial charge >= 0.3 is 0 Å². The molecular formula is C31H49BrN+. The summed E-state index contributed by atoms with van der Waals surface area (Å²) in [6.07, 6.45) is 27.7. The standard InChI is InChI=1S/C31H48N.BrH/c1-3-5-6-7-8-9-10-11-12-13-14-15-16-20-27-32-28-29(4-2)23-25-31(32)26-24-30-21-18-17-19-22-30;/h17-19,21-26,28H,3-16,20,27H2,1-2H3;1H/q+1;/b26-24+;. The minimum absolute atomic E-state index is 0. The van der Waals surface area contributed by atoms with Crippen molar-refractivity contribution in [3.8, 4) is 0 Å². The van der Waals surface area contributed by atoms with Crippen LogP contribution in [0.5, 0.6) is 0 Å². The number of halogens is 1. The monoisotopic (exact) mass is 514 g/mol. The molecule has 1 aromatic carbocycles. The fraction of sp³-hybridized carbons (Fsp3) is 0.581. The van der Waals surface area contributed by atoms with Crippen LogP contribution in [0.1, 0.15) is 121 Å². The number of pyridine rings is 1. The number of nitrogens with zero attached hydrogens (tertiary/aromatic N) is 1. The van der Waals surface area contributed by atoms with Crippen molar-refractivity contribution in [2.75, 3.05) is 0 Å². The predicted molar refractivity (Wildman–Crippen MR) is 152 cm³/mol. The maximum atomic E-state index is 2.46. The van der Waals surface area contributed by atoms with Crippen LogP contribution in [0, 0.1) is 0 Å². The Balaban J connectivity index is 0.00000544. The summed E-state index contributed by atoms with van der Waals surface area (Å²) >= 11 is 0. The van der Waals surface area contributed by atoms with E-state index in [0.717, 1.165) is 13.0 Å². The third-order valence-corrected chi connectivity index (χ3v) is 6.53. The molecule has 0 aliphatic heterocycles. The second-order valence-corrected chi connectivity index (χ2v) is 9.35. The Morgan fingerprint density at radius 2 is 1.15 bits per heavy atom. The van der Waals surface area contributed by atoms with Crippen molar-refractivity contribution in [1.29, 1.82) is 0 Å². The molecule has 2 heteroatoms. The zero-order valence-corrected chi connectivity index (χ0v) is 23.2. The number of benzene rings is 1. The van der Waals surface area contributed by atoms with Gasteiger partial charge in [-0.2, -0.15) is 4.57 Å². The van der Waals surface area contributed by atoms with E-state index < -0.39 is 0 Å². The Labute approximate surface area is 215 Å². The van der Waals surface area contributed by atoms with E-state index in [4.69, 9.17) is 0 Å². The molecule has 184 valence electrons. The highest BCUT2D eigenvalue weighted by molar-refractivity contribution is 8.93. The minimum Gasteiger partial charge on any atom is -0.199 e. The summed E-state index contributed by atoms with van der Waals surface area (Å²) in [5.74, 6) is 0. The van der Waals surface area contributed by atoms with Gasteiger partial charge in [0.15, 0.2) is 6.20 Å². The molecule has 0 N–H and O–H groups in total. The normalized spacial score (nSPS) is 11.1. The Kier molecular flexibility index (Phi) is 18.0.